The Balaban J connectivity index is 2.51. The molecule has 0 amide bonds. The minimum Gasteiger partial charge on any atom is -0.496 e. The Bertz CT molecular complexity index is 500. The number of hydrogen-bond acceptors (Lipinski definition) is 3. The van der Waals surface area contributed by atoms with Crippen LogP contribution in [0.3, 0.4) is 0 Å². The summed E-state index contributed by atoms with van der Waals surface area (Å²) in [5, 5.41) is 1.10. The second kappa shape index (κ2) is 4.68. The van der Waals surface area contributed by atoms with E-state index in [2.05, 4.69) is 9.97 Å². The van der Waals surface area contributed by atoms with Crippen LogP contribution < -0.4 is 4.74 Å². The molecule has 0 aliphatic carbocycles. The maximum Gasteiger partial charge on any atom is 0.162 e. The van der Waals surface area contributed by atoms with Crippen molar-refractivity contribution in [2.75, 3.05) is 7.11 Å². The van der Waals surface area contributed by atoms with Gasteiger partial charge in [0.25, 0.3) is 0 Å². The number of hydrogen-bond donors (Lipinski definition) is 0. The van der Waals surface area contributed by atoms with Crippen LogP contribution in [-0.4, -0.2) is 17.1 Å². The van der Waals surface area contributed by atoms with Gasteiger partial charge in [0, 0.05) is 17.4 Å². The summed E-state index contributed by atoms with van der Waals surface area (Å²) in [5.41, 5.74) is 0.781. The fourth-order valence-corrected chi connectivity index (χ4v) is 1.56. The second-order valence-electron chi connectivity index (χ2n) is 3.07. The Kier molecular flexibility index (Phi) is 3.27. The van der Waals surface area contributed by atoms with E-state index in [-0.39, 0.29) is 0 Å². The van der Waals surface area contributed by atoms with Gasteiger partial charge < -0.3 is 4.74 Å². The molecule has 3 nitrogen and oxygen atoms in total. The largest absolute Gasteiger partial charge is 0.496 e. The number of aromatic nitrogens is 2. The Morgan fingerprint density at radius 1 is 1.06 bits per heavy atom. The average molecular weight is 255 g/mol. The maximum absolute atomic E-state index is 5.87. The van der Waals surface area contributed by atoms with E-state index in [0.29, 0.717) is 21.6 Å². The predicted molar refractivity (Wildman–Crippen MR) is 64.0 cm³/mol. The van der Waals surface area contributed by atoms with Gasteiger partial charge in [-0.05, 0) is 18.2 Å². The van der Waals surface area contributed by atoms with Gasteiger partial charge in [-0.3, -0.25) is 0 Å². The summed E-state index contributed by atoms with van der Waals surface area (Å²) in [7, 11) is 1.57. The molecule has 0 fully saturated rings. The van der Waals surface area contributed by atoms with E-state index in [1.807, 2.05) is 6.07 Å². The fraction of sp³-hybridized carbons (Fsp3) is 0.0909. The quantitative estimate of drug-likeness (QED) is 0.824. The molecule has 0 unspecified atom stereocenters. The number of benzene rings is 1. The van der Waals surface area contributed by atoms with E-state index in [0.717, 1.165) is 5.56 Å². The summed E-state index contributed by atoms with van der Waals surface area (Å²) < 4.78 is 5.21. The molecule has 0 atom stereocenters. The van der Waals surface area contributed by atoms with Gasteiger partial charge in [0.05, 0.1) is 17.7 Å². The van der Waals surface area contributed by atoms with Crippen LogP contribution >= 0.6 is 23.2 Å². The number of rotatable bonds is 2. The molecule has 0 bridgehead atoms. The lowest BCUT2D eigenvalue weighted by atomic mass is 10.2. The average Bonchev–Trinajstić information content (AvgIpc) is 2.30. The van der Waals surface area contributed by atoms with Gasteiger partial charge in [0.1, 0.15) is 5.75 Å². The zero-order valence-corrected chi connectivity index (χ0v) is 9.96. The fourth-order valence-electron chi connectivity index (χ4n) is 1.30. The van der Waals surface area contributed by atoms with Crippen molar-refractivity contribution >= 4 is 23.2 Å². The lowest BCUT2D eigenvalue weighted by molar-refractivity contribution is 0.416. The summed E-state index contributed by atoms with van der Waals surface area (Å²) in [6.07, 6.45) is 3.08. The molecule has 2 rings (SSSR count). The standard InChI is InChI=1S/C11H8Cl2N2O/c1-16-10-4-7(12)2-3-9(10)11-14-5-8(13)6-15-11/h2-6H,1H3. The van der Waals surface area contributed by atoms with Crippen molar-refractivity contribution in [1.29, 1.82) is 0 Å². The van der Waals surface area contributed by atoms with Gasteiger partial charge in [-0.2, -0.15) is 0 Å². The number of ether oxygens (including phenoxy) is 1. The summed E-state index contributed by atoms with van der Waals surface area (Å²) in [5.74, 6) is 1.19. The first-order valence-corrected chi connectivity index (χ1v) is 5.28. The van der Waals surface area contributed by atoms with Crippen molar-refractivity contribution in [2.24, 2.45) is 0 Å². The summed E-state index contributed by atoms with van der Waals surface area (Å²) in [6, 6.07) is 5.29. The van der Waals surface area contributed by atoms with Crippen molar-refractivity contribution < 1.29 is 4.74 Å². The van der Waals surface area contributed by atoms with Gasteiger partial charge in [-0.25, -0.2) is 9.97 Å². The SMILES string of the molecule is COc1cc(Cl)ccc1-c1ncc(Cl)cn1. The minimum absolute atomic E-state index is 0.497. The molecular formula is C11H8Cl2N2O. The van der Waals surface area contributed by atoms with Crippen molar-refractivity contribution in [3.05, 3.63) is 40.6 Å². The lowest BCUT2D eigenvalue weighted by Crippen LogP contribution is -1.92. The molecule has 0 radical (unpaired) electrons. The molecule has 1 aromatic heterocycles. The zero-order chi connectivity index (χ0) is 11.5. The van der Waals surface area contributed by atoms with Crippen LogP contribution in [0.25, 0.3) is 11.4 Å². The van der Waals surface area contributed by atoms with Gasteiger partial charge in [0.2, 0.25) is 0 Å². The number of nitrogens with zero attached hydrogens (tertiary/aromatic N) is 2. The normalized spacial score (nSPS) is 10.2. The van der Waals surface area contributed by atoms with E-state index in [1.165, 1.54) is 12.4 Å². The van der Waals surface area contributed by atoms with Gasteiger partial charge in [-0.1, -0.05) is 23.2 Å². The molecule has 0 N–H and O–H groups in total. The first kappa shape index (κ1) is 11.2. The molecule has 0 aliphatic heterocycles. The van der Waals surface area contributed by atoms with Crippen LogP contribution in [-0.2, 0) is 0 Å². The molecule has 0 aliphatic rings. The molecular weight excluding hydrogens is 247 g/mol. The Morgan fingerprint density at radius 3 is 2.38 bits per heavy atom. The van der Waals surface area contributed by atoms with E-state index >= 15 is 0 Å². The third-order valence-corrected chi connectivity index (χ3v) is 2.46. The summed E-state index contributed by atoms with van der Waals surface area (Å²) >= 11 is 11.6. The number of halogens is 2. The Morgan fingerprint density at radius 2 is 1.75 bits per heavy atom. The topological polar surface area (TPSA) is 35.0 Å². The molecule has 1 aromatic carbocycles. The minimum atomic E-state index is 0.497. The van der Waals surface area contributed by atoms with Gasteiger partial charge in [-0.15, -0.1) is 0 Å². The number of methoxy groups -OCH3 is 1. The zero-order valence-electron chi connectivity index (χ0n) is 8.45. The van der Waals surface area contributed by atoms with Crippen molar-refractivity contribution in [2.45, 2.75) is 0 Å². The van der Waals surface area contributed by atoms with Crippen molar-refractivity contribution in [1.82, 2.24) is 9.97 Å². The van der Waals surface area contributed by atoms with Crippen molar-refractivity contribution in [3.63, 3.8) is 0 Å². The second-order valence-corrected chi connectivity index (χ2v) is 3.94. The summed E-state index contributed by atoms with van der Waals surface area (Å²) in [4.78, 5) is 8.24. The Labute approximate surface area is 103 Å². The first-order chi connectivity index (χ1) is 7.70. The van der Waals surface area contributed by atoms with E-state index in [9.17, 15) is 0 Å². The highest BCUT2D eigenvalue weighted by Gasteiger charge is 2.08. The Hall–Kier alpha value is -1.32. The highest BCUT2D eigenvalue weighted by atomic mass is 35.5. The highest BCUT2D eigenvalue weighted by Crippen LogP contribution is 2.30. The van der Waals surface area contributed by atoms with Crippen LogP contribution in [0.4, 0.5) is 0 Å². The van der Waals surface area contributed by atoms with Crippen LogP contribution in [0, 0.1) is 0 Å². The summed E-state index contributed by atoms with van der Waals surface area (Å²) in [6.45, 7) is 0. The van der Waals surface area contributed by atoms with Crippen LogP contribution in [0.2, 0.25) is 10.0 Å². The predicted octanol–water partition coefficient (Wildman–Crippen LogP) is 3.46. The molecule has 82 valence electrons. The first-order valence-electron chi connectivity index (χ1n) is 4.52. The molecule has 16 heavy (non-hydrogen) atoms. The third-order valence-electron chi connectivity index (χ3n) is 2.02. The molecule has 1 heterocycles. The third kappa shape index (κ3) is 2.26. The molecule has 0 saturated carbocycles. The lowest BCUT2D eigenvalue weighted by Gasteiger charge is -2.07. The molecule has 2 aromatic rings. The molecule has 0 spiro atoms. The highest BCUT2D eigenvalue weighted by molar-refractivity contribution is 6.31. The molecule has 0 saturated heterocycles. The van der Waals surface area contributed by atoms with E-state index in [4.69, 9.17) is 27.9 Å². The van der Waals surface area contributed by atoms with Crippen molar-refractivity contribution in [3.8, 4) is 17.1 Å². The maximum atomic E-state index is 5.87. The van der Waals surface area contributed by atoms with Crippen LogP contribution in [0.1, 0.15) is 0 Å². The van der Waals surface area contributed by atoms with Crippen LogP contribution in [0.15, 0.2) is 30.6 Å². The monoisotopic (exact) mass is 254 g/mol. The van der Waals surface area contributed by atoms with Gasteiger partial charge in [0.15, 0.2) is 5.82 Å². The van der Waals surface area contributed by atoms with Crippen LogP contribution in [0.5, 0.6) is 5.75 Å². The van der Waals surface area contributed by atoms with E-state index in [1.54, 1.807) is 19.2 Å². The molecule has 5 heteroatoms. The smallest absolute Gasteiger partial charge is 0.162 e. The van der Waals surface area contributed by atoms with Gasteiger partial charge >= 0.3 is 0 Å². The van der Waals surface area contributed by atoms with E-state index < -0.39 is 0 Å².